The third-order valence-corrected chi connectivity index (χ3v) is 3.78. The van der Waals surface area contributed by atoms with Crippen molar-refractivity contribution in [2.24, 2.45) is 5.92 Å². The van der Waals surface area contributed by atoms with Gasteiger partial charge in [-0.3, -0.25) is 4.79 Å². The van der Waals surface area contributed by atoms with Gasteiger partial charge in [0.1, 0.15) is 0 Å². The summed E-state index contributed by atoms with van der Waals surface area (Å²) < 4.78 is 2.02. The quantitative estimate of drug-likeness (QED) is 0.723. The summed E-state index contributed by atoms with van der Waals surface area (Å²) >= 11 is 0. The van der Waals surface area contributed by atoms with Crippen LogP contribution in [-0.4, -0.2) is 22.0 Å². The number of benzene rings is 1. The number of hydrogen-bond donors (Lipinski definition) is 1. The van der Waals surface area contributed by atoms with Gasteiger partial charge < -0.3 is 9.88 Å². The van der Waals surface area contributed by atoms with Gasteiger partial charge in [-0.25, -0.2) is 4.98 Å². The average molecular weight is 299 g/mol. The molecule has 1 aromatic carbocycles. The first-order valence-corrected chi connectivity index (χ1v) is 8.00. The smallest absolute Gasteiger partial charge is 0.220 e. The first-order chi connectivity index (χ1) is 10.7. The highest BCUT2D eigenvalue weighted by molar-refractivity contribution is 5.76. The van der Waals surface area contributed by atoms with E-state index in [2.05, 4.69) is 41.5 Å². The molecule has 0 bridgehead atoms. The van der Waals surface area contributed by atoms with Crippen molar-refractivity contribution in [3.05, 3.63) is 54.6 Å². The van der Waals surface area contributed by atoms with Crippen LogP contribution in [0.2, 0.25) is 0 Å². The van der Waals surface area contributed by atoms with Gasteiger partial charge in [0.05, 0.1) is 6.33 Å². The molecule has 4 nitrogen and oxygen atoms in total. The summed E-state index contributed by atoms with van der Waals surface area (Å²) in [6.45, 7) is 3.76. The van der Waals surface area contributed by atoms with E-state index >= 15 is 0 Å². The van der Waals surface area contributed by atoms with Crippen molar-refractivity contribution in [1.29, 1.82) is 0 Å². The van der Waals surface area contributed by atoms with E-state index in [1.165, 1.54) is 5.56 Å². The fraction of sp³-hybridized carbons (Fsp3) is 0.444. The lowest BCUT2D eigenvalue weighted by atomic mass is 9.98. The molecule has 0 spiro atoms. The number of imidazole rings is 1. The Morgan fingerprint density at radius 2 is 2.14 bits per heavy atom. The van der Waals surface area contributed by atoms with E-state index < -0.39 is 0 Å². The number of hydrogen-bond acceptors (Lipinski definition) is 2. The summed E-state index contributed by atoms with van der Waals surface area (Å²) in [5, 5.41) is 3.00. The summed E-state index contributed by atoms with van der Waals surface area (Å²) in [7, 11) is 0. The summed E-state index contributed by atoms with van der Waals surface area (Å²) in [6, 6.07) is 10.4. The molecule has 0 saturated heterocycles. The minimum atomic E-state index is 0.159. The van der Waals surface area contributed by atoms with Crippen molar-refractivity contribution in [2.45, 2.75) is 39.2 Å². The molecule has 1 N–H and O–H groups in total. The molecular formula is C18H25N3O. The van der Waals surface area contributed by atoms with Crippen molar-refractivity contribution in [3.8, 4) is 0 Å². The first kappa shape index (κ1) is 16.3. The van der Waals surface area contributed by atoms with Gasteiger partial charge in [0.25, 0.3) is 0 Å². The van der Waals surface area contributed by atoms with Gasteiger partial charge in [-0.05, 0) is 30.7 Å². The number of aromatic nitrogens is 2. The van der Waals surface area contributed by atoms with Gasteiger partial charge in [-0.2, -0.15) is 0 Å². The zero-order chi connectivity index (χ0) is 15.6. The second kappa shape index (κ2) is 9.03. The molecule has 0 saturated carbocycles. The van der Waals surface area contributed by atoms with Crippen molar-refractivity contribution in [2.75, 3.05) is 6.54 Å². The van der Waals surface area contributed by atoms with Gasteiger partial charge in [-0.15, -0.1) is 0 Å². The van der Waals surface area contributed by atoms with Crippen molar-refractivity contribution < 1.29 is 4.79 Å². The van der Waals surface area contributed by atoms with Gasteiger partial charge >= 0.3 is 0 Å². The molecule has 0 aliphatic rings. The van der Waals surface area contributed by atoms with Crippen LogP contribution in [-0.2, 0) is 17.8 Å². The Morgan fingerprint density at radius 3 is 2.86 bits per heavy atom. The Kier molecular flexibility index (Phi) is 6.68. The molecule has 0 fully saturated rings. The fourth-order valence-corrected chi connectivity index (χ4v) is 2.46. The van der Waals surface area contributed by atoms with Crippen LogP contribution < -0.4 is 5.32 Å². The van der Waals surface area contributed by atoms with E-state index in [1.54, 1.807) is 12.5 Å². The largest absolute Gasteiger partial charge is 0.356 e. The van der Waals surface area contributed by atoms with Gasteiger partial charge in [0.15, 0.2) is 0 Å². The lowest BCUT2D eigenvalue weighted by molar-refractivity contribution is -0.121. The monoisotopic (exact) mass is 299 g/mol. The molecule has 1 aromatic heterocycles. The van der Waals surface area contributed by atoms with Crippen LogP contribution in [0.25, 0.3) is 0 Å². The summed E-state index contributed by atoms with van der Waals surface area (Å²) in [6.07, 6.45) is 9.13. The molecule has 4 heteroatoms. The Balaban J connectivity index is 1.56. The van der Waals surface area contributed by atoms with E-state index in [0.29, 0.717) is 12.3 Å². The lowest BCUT2D eigenvalue weighted by Crippen LogP contribution is -2.26. The maximum atomic E-state index is 11.9. The molecule has 1 amide bonds. The number of nitrogens with one attached hydrogen (secondary N) is 1. The van der Waals surface area contributed by atoms with Crippen LogP contribution in [0.3, 0.4) is 0 Å². The maximum absolute atomic E-state index is 11.9. The highest BCUT2D eigenvalue weighted by Crippen LogP contribution is 2.12. The van der Waals surface area contributed by atoms with Gasteiger partial charge in [0, 0.05) is 31.9 Å². The number of aryl methyl sites for hydroxylation is 2. The molecular weight excluding hydrogens is 274 g/mol. The SMILES string of the molecule is C[C@H](CCc1ccccc1)CC(=O)NCCCn1ccnc1. The molecule has 2 aromatic rings. The second-order valence-corrected chi connectivity index (χ2v) is 5.84. The number of amides is 1. The summed E-state index contributed by atoms with van der Waals surface area (Å²) in [5.74, 6) is 0.569. The fourth-order valence-electron chi connectivity index (χ4n) is 2.46. The van der Waals surface area contributed by atoms with E-state index in [-0.39, 0.29) is 5.91 Å². The second-order valence-electron chi connectivity index (χ2n) is 5.84. The molecule has 118 valence electrons. The zero-order valence-corrected chi connectivity index (χ0v) is 13.2. The van der Waals surface area contributed by atoms with Crippen LogP contribution in [0, 0.1) is 5.92 Å². The van der Waals surface area contributed by atoms with Crippen molar-refractivity contribution >= 4 is 5.91 Å². The van der Waals surface area contributed by atoms with Crippen LogP contribution >= 0.6 is 0 Å². The maximum Gasteiger partial charge on any atom is 0.220 e. The van der Waals surface area contributed by atoms with Crippen LogP contribution in [0.1, 0.15) is 31.7 Å². The van der Waals surface area contributed by atoms with Crippen molar-refractivity contribution in [1.82, 2.24) is 14.9 Å². The van der Waals surface area contributed by atoms with Gasteiger partial charge in [-0.1, -0.05) is 37.3 Å². The molecule has 1 atom stereocenters. The molecule has 22 heavy (non-hydrogen) atoms. The van der Waals surface area contributed by atoms with E-state index in [1.807, 2.05) is 16.8 Å². The number of carbonyl (C=O) groups excluding carboxylic acids is 1. The van der Waals surface area contributed by atoms with E-state index in [9.17, 15) is 4.79 Å². The normalized spacial score (nSPS) is 12.0. The molecule has 0 radical (unpaired) electrons. The third-order valence-electron chi connectivity index (χ3n) is 3.78. The minimum Gasteiger partial charge on any atom is -0.356 e. The van der Waals surface area contributed by atoms with E-state index in [4.69, 9.17) is 0 Å². The zero-order valence-electron chi connectivity index (χ0n) is 13.2. The Bertz CT molecular complexity index is 537. The predicted molar refractivity (Wildman–Crippen MR) is 88.4 cm³/mol. The van der Waals surface area contributed by atoms with E-state index in [0.717, 1.165) is 32.4 Å². The van der Waals surface area contributed by atoms with Crippen LogP contribution in [0.4, 0.5) is 0 Å². The average Bonchev–Trinajstić information content (AvgIpc) is 3.04. The molecule has 0 aliphatic heterocycles. The predicted octanol–water partition coefficient (Wildman–Crippen LogP) is 3.05. The minimum absolute atomic E-state index is 0.159. The van der Waals surface area contributed by atoms with Crippen LogP contribution in [0.5, 0.6) is 0 Å². The highest BCUT2D eigenvalue weighted by atomic mass is 16.1. The number of rotatable bonds is 9. The number of carbonyl (C=O) groups is 1. The first-order valence-electron chi connectivity index (χ1n) is 8.00. The number of nitrogens with zero attached hydrogens (tertiary/aromatic N) is 2. The highest BCUT2D eigenvalue weighted by Gasteiger charge is 2.08. The summed E-state index contributed by atoms with van der Waals surface area (Å²) in [4.78, 5) is 15.9. The van der Waals surface area contributed by atoms with Crippen LogP contribution in [0.15, 0.2) is 49.1 Å². The lowest BCUT2D eigenvalue weighted by Gasteiger charge is -2.12. The topological polar surface area (TPSA) is 46.9 Å². The molecule has 0 aliphatic carbocycles. The van der Waals surface area contributed by atoms with Crippen molar-refractivity contribution in [3.63, 3.8) is 0 Å². The third kappa shape index (κ3) is 6.12. The van der Waals surface area contributed by atoms with Gasteiger partial charge in [0.2, 0.25) is 5.91 Å². The summed E-state index contributed by atoms with van der Waals surface area (Å²) in [5.41, 5.74) is 1.34. The molecule has 1 heterocycles. The Morgan fingerprint density at radius 1 is 1.32 bits per heavy atom. The molecule has 0 unspecified atom stereocenters. The standard InChI is InChI=1S/C18H25N3O/c1-16(8-9-17-6-3-2-4-7-17)14-18(22)20-10-5-12-21-13-11-19-15-21/h2-4,6-7,11,13,15-16H,5,8-10,12,14H2,1H3,(H,20,22)/t16-/m1/s1. The Hall–Kier alpha value is -2.10. The molecule has 2 rings (SSSR count). The Labute approximate surface area is 132 Å².